The number of thioether (sulfide) groups is 1. The van der Waals surface area contributed by atoms with Crippen molar-refractivity contribution in [1.29, 1.82) is 0 Å². The predicted molar refractivity (Wildman–Crippen MR) is 125 cm³/mol. The van der Waals surface area contributed by atoms with Crippen LogP contribution in [0.4, 0.5) is 5.69 Å². The van der Waals surface area contributed by atoms with Gasteiger partial charge in [0.1, 0.15) is 16.2 Å². The molecule has 4 aromatic rings. The lowest BCUT2D eigenvalue weighted by Crippen LogP contribution is -2.22. The Morgan fingerprint density at radius 1 is 1.07 bits per heavy atom. The Labute approximate surface area is 183 Å². The van der Waals surface area contributed by atoms with Crippen LogP contribution in [0.2, 0.25) is 0 Å². The first-order valence-corrected chi connectivity index (χ1v) is 11.8. The normalized spacial score (nSPS) is 13.9. The molecule has 150 valence electrons. The van der Waals surface area contributed by atoms with E-state index in [4.69, 9.17) is 0 Å². The van der Waals surface area contributed by atoms with Crippen LogP contribution >= 0.6 is 23.1 Å². The second kappa shape index (κ2) is 8.20. The summed E-state index contributed by atoms with van der Waals surface area (Å²) >= 11 is 3.29. The molecule has 0 saturated carbocycles. The molecule has 4 nitrogen and oxygen atoms in total. The molecule has 2 aromatic carbocycles. The van der Waals surface area contributed by atoms with Gasteiger partial charge in [0.15, 0.2) is 0 Å². The number of benzene rings is 2. The highest BCUT2D eigenvalue weighted by atomic mass is 32.2. The number of carbonyl (C=O) groups excluding carboxylic acids is 1. The summed E-state index contributed by atoms with van der Waals surface area (Å²) in [6.07, 6.45) is 5.03. The molecule has 0 spiro atoms. The van der Waals surface area contributed by atoms with Crippen LogP contribution in [0.25, 0.3) is 21.3 Å². The molecule has 30 heavy (non-hydrogen) atoms. The zero-order valence-electron chi connectivity index (χ0n) is 16.6. The molecule has 1 amide bonds. The fourth-order valence-corrected chi connectivity index (χ4v) is 6.15. The molecule has 1 aliphatic rings. The first-order chi connectivity index (χ1) is 14.7. The summed E-state index contributed by atoms with van der Waals surface area (Å²) in [6.45, 7) is 1.94. The van der Waals surface area contributed by atoms with Gasteiger partial charge in [-0.2, -0.15) is 0 Å². The average molecular weight is 432 g/mol. The van der Waals surface area contributed by atoms with Crippen LogP contribution in [-0.2, 0) is 17.6 Å². The number of carbonyl (C=O) groups is 1. The zero-order valence-corrected chi connectivity index (χ0v) is 18.2. The van der Waals surface area contributed by atoms with Crippen molar-refractivity contribution in [3.05, 3.63) is 71.4 Å². The zero-order chi connectivity index (χ0) is 20.5. The number of para-hydroxylation sites is 1. The molecule has 6 heteroatoms. The van der Waals surface area contributed by atoms with Gasteiger partial charge >= 0.3 is 0 Å². The van der Waals surface area contributed by atoms with Crippen molar-refractivity contribution in [3.63, 3.8) is 0 Å². The lowest BCUT2D eigenvalue weighted by atomic mass is 10.0. The highest BCUT2D eigenvalue weighted by molar-refractivity contribution is 8.00. The van der Waals surface area contributed by atoms with Crippen LogP contribution in [0.1, 0.15) is 23.8 Å². The molecule has 2 aromatic heterocycles. The molecule has 1 aliphatic carbocycles. The second-order valence-corrected chi connectivity index (χ2v) is 9.79. The lowest BCUT2D eigenvalue weighted by Gasteiger charge is -2.15. The minimum Gasteiger partial charge on any atom is -0.325 e. The van der Waals surface area contributed by atoms with Gasteiger partial charge in [0.2, 0.25) is 5.91 Å². The quantitative estimate of drug-likeness (QED) is 0.313. The standard InChI is InChI=1S/C24H21N3OS2/c1-15(29-23-21-18-11-7-13-20(18)30-24(21)26-14-25-23)22(28)27-19-12-6-5-10-17(19)16-8-3-2-4-9-16/h2-6,8-10,12,14-15H,7,11,13H2,1H3,(H,27,28). The average Bonchev–Trinajstić information content (AvgIpc) is 3.36. The van der Waals surface area contributed by atoms with Gasteiger partial charge in [-0.3, -0.25) is 4.79 Å². The topological polar surface area (TPSA) is 54.9 Å². The third kappa shape index (κ3) is 3.61. The summed E-state index contributed by atoms with van der Waals surface area (Å²) in [5, 5.41) is 4.92. The molecule has 2 heterocycles. The summed E-state index contributed by atoms with van der Waals surface area (Å²) in [4.78, 5) is 24.5. The molecular formula is C24H21N3OS2. The molecule has 1 atom stereocenters. The van der Waals surface area contributed by atoms with Gasteiger partial charge in [-0.05, 0) is 43.4 Å². The molecule has 1 N–H and O–H groups in total. The maximum Gasteiger partial charge on any atom is 0.237 e. The Hall–Kier alpha value is -2.70. The van der Waals surface area contributed by atoms with Crippen molar-refractivity contribution in [3.8, 4) is 11.1 Å². The van der Waals surface area contributed by atoms with E-state index >= 15 is 0 Å². The van der Waals surface area contributed by atoms with Crippen LogP contribution in [0.3, 0.4) is 0 Å². The minimum absolute atomic E-state index is 0.0259. The highest BCUT2D eigenvalue weighted by Crippen LogP contribution is 2.41. The number of rotatable bonds is 5. The van der Waals surface area contributed by atoms with Crippen LogP contribution in [-0.4, -0.2) is 21.1 Å². The lowest BCUT2D eigenvalue weighted by molar-refractivity contribution is -0.115. The Kier molecular flexibility index (Phi) is 5.27. The number of hydrogen-bond acceptors (Lipinski definition) is 5. The molecule has 0 bridgehead atoms. The fraction of sp³-hybridized carbons (Fsp3) is 0.208. The summed E-state index contributed by atoms with van der Waals surface area (Å²) in [5.41, 5.74) is 4.31. The third-order valence-electron chi connectivity index (χ3n) is 5.39. The fourth-order valence-electron chi connectivity index (χ4n) is 3.91. The Balaban J connectivity index is 1.38. The molecular weight excluding hydrogens is 410 g/mol. The van der Waals surface area contributed by atoms with E-state index in [0.29, 0.717) is 0 Å². The van der Waals surface area contributed by atoms with Crippen LogP contribution in [0.15, 0.2) is 66.0 Å². The molecule has 5 rings (SSSR count). The molecule has 0 radical (unpaired) electrons. The van der Waals surface area contributed by atoms with E-state index in [-0.39, 0.29) is 11.2 Å². The van der Waals surface area contributed by atoms with E-state index in [1.54, 1.807) is 17.7 Å². The summed E-state index contributed by atoms with van der Waals surface area (Å²) in [7, 11) is 0. The van der Waals surface area contributed by atoms with E-state index in [9.17, 15) is 4.79 Å². The number of nitrogens with zero attached hydrogens (tertiary/aromatic N) is 2. The van der Waals surface area contributed by atoms with Crippen molar-refractivity contribution in [2.75, 3.05) is 5.32 Å². The predicted octanol–water partition coefficient (Wildman–Crippen LogP) is 5.97. The number of aryl methyl sites for hydroxylation is 2. The van der Waals surface area contributed by atoms with Crippen molar-refractivity contribution in [2.24, 2.45) is 0 Å². The molecule has 0 aliphatic heterocycles. The van der Waals surface area contributed by atoms with Gasteiger partial charge in [0.05, 0.1) is 5.25 Å². The highest BCUT2D eigenvalue weighted by Gasteiger charge is 2.24. The maximum atomic E-state index is 13.0. The Morgan fingerprint density at radius 2 is 1.87 bits per heavy atom. The van der Waals surface area contributed by atoms with Crippen molar-refractivity contribution in [1.82, 2.24) is 9.97 Å². The van der Waals surface area contributed by atoms with Crippen LogP contribution in [0.5, 0.6) is 0 Å². The van der Waals surface area contributed by atoms with Gasteiger partial charge in [0, 0.05) is 21.5 Å². The van der Waals surface area contributed by atoms with E-state index in [0.717, 1.165) is 44.9 Å². The van der Waals surface area contributed by atoms with Crippen molar-refractivity contribution < 1.29 is 4.79 Å². The van der Waals surface area contributed by atoms with Gasteiger partial charge < -0.3 is 5.32 Å². The summed E-state index contributed by atoms with van der Waals surface area (Å²) in [6, 6.07) is 18.0. The van der Waals surface area contributed by atoms with E-state index < -0.39 is 0 Å². The largest absolute Gasteiger partial charge is 0.325 e. The number of thiophene rings is 1. The summed E-state index contributed by atoms with van der Waals surface area (Å²) < 4.78 is 0. The van der Waals surface area contributed by atoms with Crippen molar-refractivity contribution >= 4 is 44.9 Å². The number of hydrogen-bond donors (Lipinski definition) is 1. The smallest absolute Gasteiger partial charge is 0.237 e. The number of amides is 1. The Morgan fingerprint density at radius 3 is 2.73 bits per heavy atom. The van der Waals surface area contributed by atoms with Crippen molar-refractivity contribution in [2.45, 2.75) is 36.5 Å². The SMILES string of the molecule is CC(Sc1ncnc2sc3c(c12)CCC3)C(=O)Nc1ccccc1-c1ccccc1. The first kappa shape index (κ1) is 19.3. The number of aromatic nitrogens is 2. The molecule has 1 unspecified atom stereocenters. The van der Waals surface area contributed by atoms with Crippen LogP contribution < -0.4 is 5.32 Å². The monoisotopic (exact) mass is 431 g/mol. The van der Waals surface area contributed by atoms with Gasteiger partial charge in [0.25, 0.3) is 0 Å². The van der Waals surface area contributed by atoms with Gasteiger partial charge in [-0.15, -0.1) is 11.3 Å². The second-order valence-electron chi connectivity index (χ2n) is 7.38. The summed E-state index contributed by atoms with van der Waals surface area (Å²) in [5.74, 6) is -0.0259. The number of anilines is 1. The first-order valence-electron chi connectivity index (χ1n) is 10.1. The van der Waals surface area contributed by atoms with Gasteiger partial charge in [-0.1, -0.05) is 60.3 Å². The number of fused-ring (bicyclic) bond motifs is 3. The maximum absolute atomic E-state index is 13.0. The van der Waals surface area contributed by atoms with E-state index in [1.165, 1.54) is 28.6 Å². The molecule has 0 fully saturated rings. The van der Waals surface area contributed by atoms with Gasteiger partial charge in [-0.25, -0.2) is 9.97 Å². The number of nitrogens with one attached hydrogen (secondary N) is 1. The van der Waals surface area contributed by atoms with E-state index in [1.807, 2.05) is 49.4 Å². The Bertz CT molecular complexity index is 1220. The molecule has 0 saturated heterocycles. The van der Waals surface area contributed by atoms with Crippen LogP contribution in [0, 0.1) is 0 Å². The van der Waals surface area contributed by atoms with E-state index in [2.05, 4.69) is 27.4 Å². The third-order valence-corrected chi connectivity index (χ3v) is 7.69. The minimum atomic E-state index is -0.274.